The highest BCUT2D eigenvalue weighted by molar-refractivity contribution is 7.18. The van der Waals surface area contributed by atoms with E-state index in [4.69, 9.17) is 9.47 Å². The first-order valence-electron chi connectivity index (χ1n) is 11.9. The Hall–Kier alpha value is -4.31. The Balaban J connectivity index is 1.68. The van der Waals surface area contributed by atoms with Crippen molar-refractivity contribution in [1.29, 1.82) is 0 Å². The highest BCUT2D eigenvalue weighted by Crippen LogP contribution is 2.44. The van der Waals surface area contributed by atoms with Crippen LogP contribution in [0.2, 0.25) is 0 Å². The van der Waals surface area contributed by atoms with Crippen molar-refractivity contribution in [3.63, 3.8) is 0 Å². The van der Waals surface area contributed by atoms with Crippen molar-refractivity contribution in [1.82, 2.24) is 4.98 Å². The molecule has 2 unspecified atom stereocenters. The number of amides is 1. The van der Waals surface area contributed by atoms with Crippen LogP contribution in [0.4, 0.5) is 5.13 Å². The van der Waals surface area contributed by atoms with Crippen molar-refractivity contribution >= 4 is 45.7 Å². The molecule has 2 aliphatic heterocycles. The van der Waals surface area contributed by atoms with Crippen LogP contribution < -0.4 is 9.64 Å². The van der Waals surface area contributed by atoms with Crippen LogP contribution in [0.25, 0.3) is 5.76 Å². The van der Waals surface area contributed by atoms with Gasteiger partial charge in [0.2, 0.25) is 0 Å². The molecule has 38 heavy (non-hydrogen) atoms. The monoisotopic (exact) mass is 532 g/mol. The molecule has 1 aromatic heterocycles. The summed E-state index contributed by atoms with van der Waals surface area (Å²) < 4.78 is 10.5. The molecule has 0 saturated carbocycles. The molecule has 2 aliphatic rings. The molecule has 0 spiro atoms. The summed E-state index contributed by atoms with van der Waals surface area (Å²) in [6, 6.07) is 10.3. The molecular weight excluding hydrogens is 508 g/mol. The number of methoxy groups -OCH3 is 1. The normalized spacial score (nSPS) is 19.8. The molecule has 1 amide bonds. The molecule has 0 bridgehead atoms. The van der Waals surface area contributed by atoms with E-state index in [0.717, 1.165) is 16.9 Å². The first-order chi connectivity index (χ1) is 18.1. The predicted octanol–water partition coefficient (Wildman–Crippen LogP) is 4.39. The first kappa shape index (κ1) is 25.3. The lowest BCUT2D eigenvalue weighted by Crippen LogP contribution is -2.29. The van der Waals surface area contributed by atoms with Gasteiger partial charge in [-0.25, -0.2) is 9.78 Å². The van der Waals surface area contributed by atoms with Crippen LogP contribution in [-0.4, -0.2) is 46.7 Å². The van der Waals surface area contributed by atoms with Gasteiger partial charge in [-0.15, -0.1) is 0 Å². The SMILES string of the molecule is COC(=O)c1ccc(C2/C(=C(\O)c3ccc4c(c3)CC(C)O4)C(=O)C(=O)N2c2nc(C)c(C(C)=O)s2)cc1. The summed E-state index contributed by atoms with van der Waals surface area (Å²) in [5.74, 6) is -2.14. The van der Waals surface area contributed by atoms with E-state index >= 15 is 0 Å². The third-order valence-corrected chi connectivity index (χ3v) is 7.83. The number of benzene rings is 2. The van der Waals surface area contributed by atoms with E-state index in [1.54, 1.807) is 37.3 Å². The molecule has 2 atom stereocenters. The zero-order valence-corrected chi connectivity index (χ0v) is 21.9. The Morgan fingerprint density at radius 1 is 1.13 bits per heavy atom. The van der Waals surface area contributed by atoms with Gasteiger partial charge in [-0.2, -0.15) is 0 Å². The lowest BCUT2D eigenvalue weighted by molar-refractivity contribution is -0.132. The molecule has 2 aromatic carbocycles. The lowest BCUT2D eigenvalue weighted by Gasteiger charge is -2.23. The number of esters is 1. The molecule has 1 saturated heterocycles. The highest BCUT2D eigenvalue weighted by atomic mass is 32.1. The minimum absolute atomic E-state index is 0.00934. The summed E-state index contributed by atoms with van der Waals surface area (Å²) >= 11 is 1.00. The third kappa shape index (κ3) is 4.16. The summed E-state index contributed by atoms with van der Waals surface area (Å²) in [5.41, 5.74) is 2.32. The number of aryl methyl sites for hydroxylation is 1. The van der Waals surface area contributed by atoms with E-state index in [0.29, 0.717) is 33.9 Å². The number of thiazole rings is 1. The standard InChI is InChI=1S/C28H24N2O7S/c1-13-11-19-12-18(9-10-20(19)37-13)23(32)21-22(16-5-7-17(8-6-16)27(35)36-4)30(26(34)24(21)33)28-29-14(2)25(38-28)15(3)31/h5-10,12-13,22,32H,11H2,1-4H3/b23-21+. The Bertz CT molecular complexity index is 1540. The van der Waals surface area contributed by atoms with Crippen LogP contribution in [0.5, 0.6) is 5.75 Å². The number of anilines is 1. The summed E-state index contributed by atoms with van der Waals surface area (Å²) in [6.45, 7) is 5.00. The Morgan fingerprint density at radius 3 is 2.45 bits per heavy atom. The summed E-state index contributed by atoms with van der Waals surface area (Å²) in [5, 5.41) is 11.6. The maximum atomic E-state index is 13.4. The number of aromatic nitrogens is 1. The zero-order chi connectivity index (χ0) is 27.3. The van der Waals surface area contributed by atoms with Gasteiger partial charge in [0.1, 0.15) is 17.6 Å². The largest absolute Gasteiger partial charge is 0.507 e. The molecule has 1 N–H and O–H groups in total. The number of hydrogen-bond acceptors (Lipinski definition) is 9. The Morgan fingerprint density at radius 2 is 1.82 bits per heavy atom. The number of aliphatic hydroxyl groups excluding tert-OH is 1. The fraction of sp³-hybridized carbons (Fsp3) is 0.250. The van der Waals surface area contributed by atoms with Gasteiger partial charge in [0, 0.05) is 18.9 Å². The van der Waals surface area contributed by atoms with Gasteiger partial charge in [0.15, 0.2) is 10.9 Å². The molecule has 9 nitrogen and oxygen atoms in total. The summed E-state index contributed by atoms with van der Waals surface area (Å²) in [4.78, 5) is 56.9. The van der Waals surface area contributed by atoms with Gasteiger partial charge in [-0.1, -0.05) is 23.5 Å². The molecule has 10 heteroatoms. The molecular formula is C28H24N2O7S. The smallest absolute Gasteiger partial charge is 0.337 e. The van der Waals surface area contributed by atoms with Crippen LogP contribution in [0.15, 0.2) is 48.0 Å². The number of ketones is 2. The maximum Gasteiger partial charge on any atom is 0.337 e. The highest BCUT2D eigenvalue weighted by Gasteiger charge is 2.48. The number of fused-ring (bicyclic) bond motifs is 1. The number of ether oxygens (including phenoxy) is 2. The predicted molar refractivity (Wildman–Crippen MR) is 140 cm³/mol. The van der Waals surface area contributed by atoms with Crippen molar-refractivity contribution in [2.45, 2.75) is 39.3 Å². The lowest BCUT2D eigenvalue weighted by atomic mass is 9.94. The Labute approximate surface area is 222 Å². The number of Topliss-reactive ketones (excluding diaryl/α,β-unsaturated/α-hetero) is 2. The maximum absolute atomic E-state index is 13.4. The second-order valence-electron chi connectivity index (χ2n) is 9.20. The van der Waals surface area contributed by atoms with Crippen LogP contribution >= 0.6 is 11.3 Å². The minimum atomic E-state index is -1.05. The van der Waals surface area contributed by atoms with Crippen molar-refractivity contribution in [2.24, 2.45) is 0 Å². The van der Waals surface area contributed by atoms with Gasteiger partial charge in [-0.3, -0.25) is 19.3 Å². The van der Waals surface area contributed by atoms with Gasteiger partial charge in [0.05, 0.1) is 34.9 Å². The van der Waals surface area contributed by atoms with Crippen molar-refractivity contribution in [2.75, 3.05) is 12.0 Å². The van der Waals surface area contributed by atoms with E-state index in [9.17, 15) is 24.3 Å². The van der Waals surface area contributed by atoms with Crippen molar-refractivity contribution in [3.05, 3.63) is 80.9 Å². The number of rotatable bonds is 5. The molecule has 5 rings (SSSR count). The average Bonchev–Trinajstić information content (AvgIpc) is 3.55. The van der Waals surface area contributed by atoms with E-state index in [1.807, 2.05) is 6.92 Å². The summed E-state index contributed by atoms with van der Waals surface area (Å²) in [6.07, 6.45) is 0.639. The number of nitrogens with zero attached hydrogens (tertiary/aromatic N) is 2. The number of carbonyl (C=O) groups excluding carboxylic acids is 4. The molecule has 1 fully saturated rings. The molecule has 3 aromatic rings. The third-order valence-electron chi connectivity index (χ3n) is 6.57. The van der Waals surface area contributed by atoms with E-state index < -0.39 is 23.7 Å². The van der Waals surface area contributed by atoms with Crippen LogP contribution in [0.3, 0.4) is 0 Å². The molecule has 0 radical (unpaired) electrons. The molecule has 3 heterocycles. The zero-order valence-electron chi connectivity index (χ0n) is 21.1. The minimum Gasteiger partial charge on any atom is -0.507 e. The van der Waals surface area contributed by atoms with E-state index in [-0.39, 0.29) is 33.9 Å². The van der Waals surface area contributed by atoms with Crippen molar-refractivity contribution in [3.8, 4) is 5.75 Å². The molecule has 194 valence electrons. The number of aliphatic hydroxyl groups is 1. The Kier molecular flexibility index (Phi) is 6.36. The quantitative estimate of drug-likeness (QED) is 0.169. The first-order valence-corrected chi connectivity index (χ1v) is 12.7. The molecule has 0 aliphatic carbocycles. The van der Waals surface area contributed by atoms with Crippen LogP contribution in [0, 0.1) is 6.92 Å². The fourth-order valence-corrected chi connectivity index (χ4v) is 5.79. The van der Waals surface area contributed by atoms with Gasteiger partial charge in [-0.05, 0) is 55.3 Å². The topological polar surface area (TPSA) is 123 Å². The number of hydrogen-bond donors (Lipinski definition) is 1. The number of carbonyl (C=O) groups is 4. The van der Waals surface area contributed by atoms with E-state index in [1.165, 1.54) is 31.1 Å². The second kappa shape index (κ2) is 9.53. The summed E-state index contributed by atoms with van der Waals surface area (Å²) in [7, 11) is 1.27. The second-order valence-corrected chi connectivity index (χ2v) is 10.2. The van der Waals surface area contributed by atoms with Gasteiger partial charge >= 0.3 is 11.9 Å². The van der Waals surface area contributed by atoms with Gasteiger partial charge in [0.25, 0.3) is 5.78 Å². The fourth-order valence-electron chi connectivity index (χ4n) is 4.80. The van der Waals surface area contributed by atoms with Crippen molar-refractivity contribution < 1.29 is 33.8 Å². The van der Waals surface area contributed by atoms with Gasteiger partial charge < -0.3 is 14.6 Å². The van der Waals surface area contributed by atoms with Crippen LogP contribution in [0.1, 0.15) is 62.3 Å². The average molecular weight is 533 g/mol. The van der Waals surface area contributed by atoms with E-state index in [2.05, 4.69) is 4.98 Å². The van der Waals surface area contributed by atoms with Crippen LogP contribution in [-0.2, 0) is 20.7 Å².